The Labute approximate surface area is 223 Å². The summed E-state index contributed by atoms with van der Waals surface area (Å²) < 4.78 is 0. The minimum atomic E-state index is -0.114. The minimum absolute atomic E-state index is 0.114. The highest BCUT2D eigenvalue weighted by atomic mass is 16.2. The Morgan fingerprint density at radius 2 is 1.37 bits per heavy atom. The summed E-state index contributed by atoms with van der Waals surface area (Å²) in [6.07, 6.45) is 1.50. The Kier molecular flexibility index (Phi) is 6.50. The quantitative estimate of drug-likeness (QED) is 0.387. The molecule has 1 amide bonds. The maximum atomic E-state index is 12.9. The number of hydrogen-bond acceptors (Lipinski definition) is 4. The number of H-pyrrole nitrogens is 1. The molecule has 38 heavy (non-hydrogen) atoms. The van der Waals surface area contributed by atoms with Crippen LogP contribution in [0.5, 0.6) is 0 Å². The molecule has 0 bridgehead atoms. The second kappa shape index (κ2) is 10.1. The number of aromatic amines is 1. The highest BCUT2D eigenvalue weighted by Gasteiger charge is 2.22. The summed E-state index contributed by atoms with van der Waals surface area (Å²) in [5.41, 5.74) is 6.61. The van der Waals surface area contributed by atoms with Crippen LogP contribution in [0.15, 0.2) is 77.6 Å². The number of carbonyl (C=O) groups is 1. The van der Waals surface area contributed by atoms with Gasteiger partial charge >= 0.3 is 0 Å². The molecule has 3 aromatic carbocycles. The Balaban J connectivity index is 1.24. The molecular formula is C32H34N4O2. The van der Waals surface area contributed by atoms with Crippen LogP contribution in [-0.4, -0.2) is 54.6 Å². The average Bonchev–Trinajstić information content (AvgIpc) is 3.38. The van der Waals surface area contributed by atoms with Crippen molar-refractivity contribution in [3.05, 3.63) is 83.2 Å². The van der Waals surface area contributed by atoms with E-state index in [1.807, 2.05) is 41.3 Å². The SMILES string of the molecule is CC(C)N1CCN(c2ccc(-c3ccc4[nH]c(=O)c(-c5ccc(N6CCCC6=O)cc5)cc4c3)cc2)CC1. The van der Waals surface area contributed by atoms with Crippen molar-refractivity contribution < 1.29 is 4.79 Å². The number of carbonyl (C=O) groups excluding carboxylic acids is 1. The van der Waals surface area contributed by atoms with E-state index in [2.05, 4.69) is 65.0 Å². The Morgan fingerprint density at radius 1 is 0.711 bits per heavy atom. The molecule has 0 unspecified atom stereocenters. The fourth-order valence-corrected chi connectivity index (χ4v) is 5.70. The van der Waals surface area contributed by atoms with Crippen LogP contribution in [0.4, 0.5) is 11.4 Å². The second-order valence-electron chi connectivity index (χ2n) is 10.7. The minimum Gasteiger partial charge on any atom is -0.369 e. The summed E-state index contributed by atoms with van der Waals surface area (Å²) in [6, 6.07) is 25.3. The molecule has 2 fully saturated rings. The van der Waals surface area contributed by atoms with Crippen LogP contribution in [0.25, 0.3) is 33.2 Å². The number of nitrogens with zero attached hydrogens (tertiary/aromatic N) is 3. The molecule has 2 saturated heterocycles. The molecule has 6 nitrogen and oxygen atoms in total. The van der Waals surface area contributed by atoms with Crippen LogP contribution >= 0.6 is 0 Å². The van der Waals surface area contributed by atoms with E-state index in [0.717, 1.165) is 72.4 Å². The van der Waals surface area contributed by atoms with Gasteiger partial charge in [0.1, 0.15) is 0 Å². The van der Waals surface area contributed by atoms with E-state index >= 15 is 0 Å². The average molecular weight is 507 g/mol. The smallest absolute Gasteiger partial charge is 0.256 e. The summed E-state index contributed by atoms with van der Waals surface area (Å²) in [5, 5.41) is 0.991. The van der Waals surface area contributed by atoms with E-state index < -0.39 is 0 Å². The lowest BCUT2D eigenvalue weighted by Gasteiger charge is -2.38. The molecule has 0 spiro atoms. The number of pyridine rings is 1. The highest BCUT2D eigenvalue weighted by molar-refractivity contribution is 5.95. The molecule has 2 aliphatic rings. The first-order valence-corrected chi connectivity index (χ1v) is 13.6. The standard InChI is InChI=1S/C32H34N4O2/c1-22(2)34-16-18-35(19-17-34)27-10-5-23(6-11-27)25-9-14-30-26(20-25)21-29(32(38)33-30)24-7-12-28(13-8-24)36-15-3-4-31(36)37/h5-14,20-22H,3-4,15-19H2,1-2H3,(H,33,38). The zero-order valence-corrected chi connectivity index (χ0v) is 22.1. The molecule has 0 atom stereocenters. The van der Waals surface area contributed by atoms with Crippen molar-refractivity contribution in [2.75, 3.05) is 42.5 Å². The van der Waals surface area contributed by atoms with Gasteiger partial charge in [0.05, 0.1) is 0 Å². The van der Waals surface area contributed by atoms with Gasteiger partial charge in [0.25, 0.3) is 5.56 Å². The van der Waals surface area contributed by atoms with E-state index in [1.54, 1.807) is 0 Å². The Hall–Kier alpha value is -3.90. The van der Waals surface area contributed by atoms with Crippen molar-refractivity contribution >= 4 is 28.2 Å². The highest BCUT2D eigenvalue weighted by Crippen LogP contribution is 2.29. The molecule has 2 aliphatic heterocycles. The molecule has 6 rings (SSSR count). The van der Waals surface area contributed by atoms with Crippen molar-refractivity contribution in [3.63, 3.8) is 0 Å². The van der Waals surface area contributed by atoms with Crippen LogP contribution in [0, 0.1) is 0 Å². The molecule has 1 N–H and O–H groups in total. The molecule has 6 heteroatoms. The number of anilines is 2. The maximum absolute atomic E-state index is 12.9. The summed E-state index contributed by atoms with van der Waals surface area (Å²) in [6.45, 7) is 9.60. The number of aromatic nitrogens is 1. The van der Waals surface area contributed by atoms with Gasteiger partial charge in [-0.2, -0.15) is 0 Å². The van der Waals surface area contributed by atoms with Crippen LogP contribution in [0.1, 0.15) is 26.7 Å². The van der Waals surface area contributed by atoms with E-state index in [1.165, 1.54) is 5.69 Å². The number of benzene rings is 3. The fourth-order valence-electron chi connectivity index (χ4n) is 5.70. The van der Waals surface area contributed by atoms with E-state index in [-0.39, 0.29) is 11.5 Å². The predicted octanol–water partition coefficient (Wildman–Crippen LogP) is 5.52. The van der Waals surface area contributed by atoms with Gasteiger partial charge < -0.3 is 14.8 Å². The van der Waals surface area contributed by atoms with Gasteiger partial charge in [0.2, 0.25) is 5.91 Å². The predicted molar refractivity (Wildman–Crippen MR) is 156 cm³/mol. The lowest BCUT2D eigenvalue weighted by atomic mass is 10.00. The monoisotopic (exact) mass is 506 g/mol. The summed E-state index contributed by atoms with van der Waals surface area (Å²) in [4.78, 5) is 34.8. The number of rotatable bonds is 5. The molecule has 0 saturated carbocycles. The van der Waals surface area contributed by atoms with Gasteiger partial charge in [-0.25, -0.2) is 0 Å². The van der Waals surface area contributed by atoms with Crippen molar-refractivity contribution in [3.8, 4) is 22.3 Å². The van der Waals surface area contributed by atoms with Gasteiger partial charge in [-0.3, -0.25) is 14.5 Å². The van der Waals surface area contributed by atoms with Crippen LogP contribution < -0.4 is 15.4 Å². The molecule has 194 valence electrons. The molecular weight excluding hydrogens is 472 g/mol. The van der Waals surface area contributed by atoms with Gasteiger partial charge in [-0.15, -0.1) is 0 Å². The first kappa shape index (κ1) is 24.4. The Morgan fingerprint density at radius 3 is 2.03 bits per heavy atom. The van der Waals surface area contributed by atoms with Gasteiger partial charge in [0, 0.05) is 67.6 Å². The number of hydrogen-bond donors (Lipinski definition) is 1. The lowest BCUT2D eigenvalue weighted by molar-refractivity contribution is -0.117. The van der Waals surface area contributed by atoms with E-state index in [9.17, 15) is 9.59 Å². The van der Waals surface area contributed by atoms with Crippen LogP contribution in [-0.2, 0) is 4.79 Å². The normalized spacial score (nSPS) is 16.7. The Bertz CT molecular complexity index is 1510. The summed E-state index contributed by atoms with van der Waals surface area (Å²) in [5.74, 6) is 0.163. The maximum Gasteiger partial charge on any atom is 0.256 e. The van der Waals surface area contributed by atoms with Crippen molar-refractivity contribution in [1.29, 1.82) is 0 Å². The fraction of sp³-hybridized carbons (Fsp3) is 0.312. The summed E-state index contributed by atoms with van der Waals surface area (Å²) >= 11 is 0. The number of amides is 1. The third-order valence-corrected chi connectivity index (χ3v) is 8.02. The zero-order valence-electron chi connectivity index (χ0n) is 22.1. The number of nitrogens with one attached hydrogen (secondary N) is 1. The first-order valence-electron chi connectivity index (χ1n) is 13.6. The first-order chi connectivity index (χ1) is 18.5. The largest absolute Gasteiger partial charge is 0.369 e. The second-order valence-corrected chi connectivity index (χ2v) is 10.7. The van der Waals surface area contributed by atoms with Crippen LogP contribution in [0.3, 0.4) is 0 Å². The lowest BCUT2D eigenvalue weighted by Crippen LogP contribution is -2.48. The molecule has 3 heterocycles. The summed E-state index contributed by atoms with van der Waals surface area (Å²) in [7, 11) is 0. The third-order valence-electron chi connectivity index (χ3n) is 8.02. The van der Waals surface area contributed by atoms with Crippen molar-refractivity contribution in [2.24, 2.45) is 0 Å². The van der Waals surface area contributed by atoms with Gasteiger partial charge in [0.15, 0.2) is 0 Å². The van der Waals surface area contributed by atoms with E-state index in [0.29, 0.717) is 18.0 Å². The van der Waals surface area contributed by atoms with Gasteiger partial charge in [-0.05, 0) is 84.8 Å². The van der Waals surface area contributed by atoms with Crippen molar-refractivity contribution in [1.82, 2.24) is 9.88 Å². The molecule has 0 radical (unpaired) electrons. The molecule has 1 aromatic heterocycles. The third kappa shape index (κ3) is 4.72. The topological polar surface area (TPSA) is 59.7 Å². The van der Waals surface area contributed by atoms with Crippen molar-refractivity contribution in [2.45, 2.75) is 32.7 Å². The van der Waals surface area contributed by atoms with Crippen LogP contribution in [0.2, 0.25) is 0 Å². The zero-order chi connectivity index (χ0) is 26.2. The van der Waals surface area contributed by atoms with E-state index in [4.69, 9.17) is 0 Å². The molecule has 0 aliphatic carbocycles. The number of fused-ring (bicyclic) bond motifs is 1. The number of piperazine rings is 1. The molecule has 4 aromatic rings. The van der Waals surface area contributed by atoms with Gasteiger partial charge in [-0.1, -0.05) is 30.3 Å².